The highest BCUT2D eigenvalue weighted by molar-refractivity contribution is 5.89. The number of likely N-dealkylation sites (tertiary alicyclic amines) is 1. The first-order chi connectivity index (χ1) is 11.9. The summed E-state index contributed by atoms with van der Waals surface area (Å²) in [6, 6.07) is 7.20. The SMILES string of the molecule is CC(C)N1CC(C(=O)NCCc2ccc(OCC(=O)O)cc2)CC1=O. The van der Waals surface area contributed by atoms with Gasteiger partial charge >= 0.3 is 5.97 Å². The zero-order valence-corrected chi connectivity index (χ0v) is 14.5. The number of hydrogen-bond acceptors (Lipinski definition) is 4. The number of rotatable bonds is 8. The molecule has 1 fully saturated rings. The van der Waals surface area contributed by atoms with E-state index in [1.165, 1.54) is 0 Å². The largest absolute Gasteiger partial charge is 0.482 e. The van der Waals surface area contributed by atoms with E-state index in [9.17, 15) is 14.4 Å². The van der Waals surface area contributed by atoms with Gasteiger partial charge in [0.05, 0.1) is 5.92 Å². The smallest absolute Gasteiger partial charge is 0.341 e. The van der Waals surface area contributed by atoms with Gasteiger partial charge in [-0.25, -0.2) is 4.79 Å². The molecule has 1 unspecified atom stereocenters. The van der Waals surface area contributed by atoms with E-state index in [1.54, 1.807) is 17.0 Å². The van der Waals surface area contributed by atoms with Crippen LogP contribution in [0.4, 0.5) is 0 Å². The van der Waals surface area contributed by atoms with Crippen LogP contribution in [0.25, 0.3) is 0 Å². The third kappa shape index (κ3) is 5.48. The first-order valence-corrected chi connectivity index (χ1v) is 8.37. The molecule has 1 aromatic carbocycles. The Labute approximate surface area is 147 Å². The molecular weight excluding hydrogens is 324 g/mol. The van der Waals surface area contributed by atoms with Gasteiger partial charge in [-0.05, 0) is 38.0 Å². The highest BCUT2D eigenvalue weighted by Gasteiger charge is 2.35. The molecule has 1 heterocycles. The number of benzene rings is 1. The molecule has 0 aliphatic carbocycles. The number of hydrogen-bond donors (Lipinski definition) is 2. The minimum Gasteiger partial charge on any atom is -0.482 e. The van der Waals surface area contributed by atoms with Crippen molar-refractivity contribution in [3.8, 4) is 5.75 Å². The second kappa shape index (κ2) is 8.50. The maximum atomic E-state index is 12.2. The van der Waals surface area contributed by atoms with Gasteiger partial charge < -0.3 is 20.1 Å². The monoisotopic (exact) mass is 348 g/mol. The fourth-order valence-corrected chi connectivity index (χ4v) is 2.78. The van der Waals surface area contributed by atoms with Gasteiger partial charge in [0.2, 0.25) is 11.8 Å². The van der Waals surface area contributed by atoms with Crippen molar-refractivity contribution in [3.63, 3.8) is 0 Å². The molecule has 25 heavy (non-hydrogen) atoms. The van der Waals surface area contributed by atoms with Gasteiger partial charge in [-0.2, -0.15) is 0 Å². The van der Waals surface area contributed by atoms with Gasteiger partial charge in [0.25, 0.3) is 0 Å². The van der Waals surface area contributed by atoms with E-state index in [1.807, 2.05) is 26.0 Å². The fourth-order valence-electron chi connectivity index (χ4n) is 2.78. The second-order valence-corrected chi connectivity index (χ2v) is 6.41. The number of carbonyl (C=O) groups excluding carboxylic acids is 2. The molecule has 7 nitrogen and oxygen atoms in total. The second-order valence-electron chi connectivity index (χ2n) is 6.41. The Morgan fingerprint density at radius 2 is 2.00 bits per heavy atom. The Bertz CT molecular complexity index is 627. The molecule has 136 valence electrons. The van der Waals surface area contributed by atoms with Crippen LogP contribution in [-0.2, 0) is 20.8 Å². The Balaban J connectivity index is 1.74. The summed E-state index contributed by atoms with van der Waals surface area (Å²) in [7, 11) is 0. The van der Waals surface area contributed by atoms with Crippen molar-refractivity contribution in [2.45, 2.75) is 32.7 Å². The average molecular weight is 348 g/mol. The summed E-state index contributed by atoms with van der Waals surface area (Å²) in [6.07, 6.45) is 0.930. The van der Waals surface area contributed by atoms with Crippen molar-refractivity contribution in [3.05, 3.63) is 29.8 Å². The Kier molecular flexibility index (Phi) is 6.38. The number of nitrogens with zero attached hydrogens (tertiary/aromatic N) is 1. The fraction of sp³-hybridized carbons (Fsp3) is 0.500. The standard InChI is InChI=1S/C18H24N2O5/c1-12(2)20-10-14(9-16(20)21)18(24)19-8-7-13-3-5-15(6-4-13)25-11-17(22)23/h3-6,12,14H,7-11H2,1-2H3,(H,19,24)(H,22,23). The highest BCUT2D eigenvalue weighted by Crippen LogP contribution is 2.20. The summed E-state index contributed by atoms with van der Waals surface area (Å²) in [5.74, 6) is -0.853. The average Bonchev–Trinajstić information content (AvgIpc) is 2.96. The van der Waals surface area contributed by atoms with Crippen molar-refractivity contribution in [2.24, 2.45) is 5.92 Å². The van der Waals surface area contributed by atoms with E-state index in [2.05, 4.69) is 5.32 Å². The molecule has 1 saturated heterocycles. The van der Waals surface area contributed by atoms with Crippen LogP contribution < -0.4 is 10.1 Å². The van der Waals surface area contributed by atoms with Gasteiger partial charge in [0, 0.05) is 25.6 Å². The molecule has 7 heteroatoms. The molecular formula is C18H24N2O5. The lowest BCUT2D eigenvalue weighted by molar-refractivity contribution is -0.139. The summed E-state index contributed by atoms with van der Waals surface area (Å²) < 4.78 is 5.07. The molecule has 0 bridgehead atoms. The van der Waals surface area contributed by atoms with Crippen molar-refractivity contribution in [1.29, 1.82) is 0 Å². The van der Waals surface area contributed by atoms with Gasteiger partial charge in [-0.1, -0.05) is 12.1 Å². The molecule has 1 aliphatic heterocycles. The quantitative estimate of drug-likeness (QED) is 0.732. The van der Waals surface area contributed by atoms with E-state index in [4.69, 9.17) is 9.84 Å². The van der Waals surface area contributed by atoms with Crippen LogP contribution in [0.3, 0.4) is 0 Å². The number of nitrogens with one attached hydrogen (secondary N) is 1. The topological polar surface area (TPSA) is 95.9 Å². The summed E-state index contributed by atoms with van der Waals surface area (Å²) in [4.78, 5) is 36.2. The van der Waals surface area contributed by atoms with E-state index < -0.39 is 5.97 Å². The third-order valence-corrected chi connectivity index (χ3v) is 4.15. The Morgan fingerprint density at radius 1 is 1.32 bits per heavy atom. The van der Waals surface area contributed by atoms with E-state index in [0.717, 1.165) is 5.56 Å². The van der Waals surface area contributed by atoms with Gasteiger partial charge in [0.15, 0.2) is 6.61 Å². The van der Waals surface area contributed by atoms with Crippen LogP contribution in [-0.4, -0.2) is 53.5 Å². The van der Waals surface area contributed by atoms with Crippen molar-refractivity contribution < 1.29 is 24.2 Å². The van der Waals surface area contributed by atoms with Crippen LogP contribution in [0.2, 0.25) is 0 Å². The Morgan fingerprint density at radius 3 is 2.56 bits per heavy atom. The normalized spacial score (nSPS) is 17.0. The predicted octanol–water partition coefficient (Wildman–Crippen LogP) is 1.07. The highest BCUT2D eigenvalue weighted by atomic mass is 16.5. The first-order valence-electron chi connectivity index (χ1n) is 8.37. The minimum absolute atomic E-state index is 0.0344. The zero-order valence-electron chi connectivity index (χ0n) is 14.5. The molecule has 2 amide bonds. The lowest BCUT2D eigenvalue weighted by Crippen LogP contribution is -2.36. The molecule has 1 aliphatic rings. The summed E-state index contributed by atoms with van der Waals surface area (Å²) >= 11 is 0. The number of ether oxygens (including phenoxy) is 1. The van der Waals surface area contributed by atoms with Crippen LogP contribution in [0, 0.1) is 5.92 Å². The van der Waals surface area contributed by atoms with Crippen molar-refractivity contribution >= 4 is 17.8 Å². The van der Waals surface area contributed by atoms with Crippen molar-refractivity contribution in [1.82, 2.24) is 10.2 Å². The number of carboxylic acids is 1. The van der Waals surface area contributed by atoms with E-state index in [0.29, 0.717) is 25.3 Å². The number of carboxylic acid groups (broad SMARTS) is 1. The maximum absolute atomic E-state index is 12.2. The van der Waals surface area contributed by atoms with Gasteiger partial charge in [0.1, 0.15) is 5.75 Å². The lowest BCUT2D eigenvalue weighted by Gasteiger charge is -2.20. The number of amides is 2. The summed E-state index contributed by atoms with van der Waals surface area (Å²) in [5.41, 5.74) is 1.01. The maximum Gasteiger partial charge on any atom is 0.341 e. The van der Waals surface area contributed by atoms with E-state index >= 15 is 0 Å². The molecule has 0 aromatic heterocycles. The van der Waals surface area contributed by atoms with E-state index in [-0.39, 0.29) is 36.8 Å². The zero-order chi connectivity index (χ0) is 18.4. The molecule has 1 atom stereocenters. The molecule has 1 aromatic rings. The third-order valence-electron chi connectivity index (χ3n) is 4.15. The number of aliphatic carboxylic acids is 1. The summed E-state index contributed by atoms with van der Waals surface area (Å²) in [6.45, 7) is 4.49. The van der Waals surface area contributed by atoms with Crippen LogP contribution in [0.15, 0.2) is 24.3 Å². The summed E-state index contributed by atoms with van der Waals surface area (Å²) in [5, 5.41) is 11.4. The Hall–Kier alpha value is -2.57. The van der Waals surface area contributed by atoms with Gasteiger partial charge in [-0.3, -0.25) is 9.59 Å². The lowest BCUT2D eigenvalue weighted by atomic mass is 10.1. The molecule has 2 N–H and O–H groups in total. The minimum atomic E-state index is -1.02. The van der Waals surface area contributed by atoms with Gasteiger partial charge in [-0.15, -0.1) is 0 Å². The first kappa shape index (κ1) is 18.8. The van der Waals surface area contributed by atoms with Crippen LogP contribution >= 0.6 is 0 Å². The molecule has 0 radical (unpaired) electrons. The number of carbonyl (C=O) groups is 3. The predicted molar refractivity (Wildman–Crippen MR) is 91.2 cm³/mol. The molecule has 2 rings (SSSR count). The van der Waals surface area contributed by atoms with Crippen molar-refractivity contribution in [2.75, 3.05) is 19.7 Å². The molecule has 0 saturated carbocycles. The van der Waals surface area contributed by atoms with Crippen LogP contribution in [0.5, 0.6) is 5.75 Å². The van der Waals surface area contributed by atoms with Crippen LogP contribution in [0.1, 0.15) is 25.8 Å². The molecule has 0 spiro atoms.